The zero-order valence-electron chi connectivity index (χ0n) is 65.4. The topological polar surface area (TPSA) is 550 Å². The first kappa shape index (κ1) is 102. The monoisotopic (exact) mass is 1700 g/mol. The van der Waals surface area contributed by atoms with Gasteiger partial charge in [0, 0.05) is 42.3 Å². The molecule has 0 bridgehead atoms. The maximum atomic E-state index is 12.6. The molecule has 0 amide bonds. The van der Waals surface area contributed by atoms with Crippen LogP contribution in [0.1, 0.15) is 104 Å². The number of aliphatic hydroxyl groups is 13. The fourth-order valence-corrected chi connectivity index (χ4v) is 13.4. The SMILES string of the molecule is CC(=O)C(C)=O.CO[C@@]1(C)O[C@H]2[C@H](O[C@]1(C)CO)[C@H](C)OC[C@@H]2O.CO[C@@]1(C)O[C@H]2[C@H](O[C@]1(C)CO)[C@H](C)OC[C@@H]2OS(=O)(=O)C(F)(F)F.CO[C@@]1(C)O[C@H]2[C@H](O[C@]1(C)CO)[C@H](C)OC[C@H]2O.CO[C@@]1(C)O[C@H]2[C@H](O[C@]1(C)CO)[C@H](C)OC[C@H]2OS(=O)(=O)C(F)(F)F.C[C@@H]1OC[C@@H](O)[C@@H](O)[C@@H]1O.OC1OC[C@@H](O)[C@@H](O)[C@@H]1O. The largest absolute Gasteiger partial charge is 0.523 e. The molecule has 0 radical (unpaired) electrons. The van der Waals surface area contributed by atoms with Gasteiger partial charge in [0.1, 0.15) is 132 Å². The van der Waals surface area contributed by atoms with Crippen molar-refractivity contribution in [3.63, 3.8) is 0 Å². The van der Waals surface area contributed by atoms with E-state index in [-0.39, 0.29) is 63.4 Å². The minimum absolute atomic E-state index is 0.0966. The number of hydrogen-bond donors (Lipinski definition) is 13. The van der Waals surface area contributed by atoms with E-state index < -0.39 is 238 Å². The molecule has 32 atom stereocenters. The fourth-order valence-electron chi connectivity index (χ4n) is 12.2. The molecule has 13 N–H and O–H groups in total. The second kappa shape index (κ2) is 39.8. The first-order chi connectivity index (χ1) is 51.2. The lowest BCUT2D eigenvalue weighted by molar-refractivity contribution is -0.418. The Kier molecular flexibility index (Phi) is 36.2. The standard InChI is InChI=1S/2C13H21F3O8S.2C12H22O6.C6H12O4.C5H10O5.C4H6O2/c2*1-7-9-10(23-12(3,20-4)11(2,6-17)22-9)8(5-21-7)24-25(18,19)13(14,15)16;2*1-7-9-10(8(14)5-16-7)18-12(3,15-4)11(2,6-13)17-9;1-3-5(8)6(9)4(7)2-10-3;6-2-1-10-5(9)4(8)3(2)7;1-3(5)4(2)6/h2*7-10,17H,5-6H2,1-4H3;2*7-10,13-14H,5-6H2,1-4H3;3-9H,2H2,1H3;2-9H,1H2;1-2H3/t7-,8+,9+,10+,11+,12-;7-,8-,9+,10+,11+,12-;7-,8+,9+,10+,11+,12-;7-,8-,9+,10+,11+,12-;3-,4+,5+,6+;2-,3-,4+,5?;/m000001./s1. The van der Waals surface area contributed by atoms with Crippen molar-refractivity contribution in [2.24, 2.45) is 0 Å². The molecule has 10 fully saturated rings. The molecule has 39 nitrogen and oxygen atoms in total. The van der Waals surface area contributed by atoms with Gasteiger partial charge in [0.15, 0.2) is 41.0 Å². The van der Waals surface area contributed by atoms with Crippen LogP contribution in [0.25, 0.3) is 0 Å². The van der Waals surface area contributed by atoms with Crippen LogP contribution in [0.15, 0.2) is 0 Å². The van der Waals surface area contributed by atoms with Gasteiger partial charge in [-0.2, -0.15) is 43.2 Å². The lowest BCUT2D eigenvalue weighted by atomic mass is 9.90. The Morgan fingerprint density at radius 2 is 0.580 bits per heavy atom. The maximum Gasteiger partial charge on any atom is 0.523 e. The smallest absolute Gasteiger partial charge is 0.393 e. The highest BCUT2D eigenvalue weighted by atomic mass is 32.2. The Labute approximate surface area is 644 Å². The predicted octanol–water partition coefficient (Wildman–Crippen LogP) is -3.53. The average Bonchev–Trinajstić information content (AvgIpc) is 0.749. The number of ketones is 2. The van der Waals surface area contributed by atoms with Crippen LogP contribution >= 0.6 is 0 Å². The molecule has 0 aromatic rings. The van der Waals surface area contributed by atoms with Gasteiger partial charge >= 0.3 is 31.3 Å². The minimum Gasteiger partial charge on any atom is -0.393 e. The van der Waals surface area contributed by atoms with Crippen LogP contribution in [-0.4, -0.2) is 393 Å². The molecular weight excluding hydrogens is 1580 g/mol. The summed E-state index contributed by atoms with van der Waals surface area (Å²) in [5.74, 6) is -6.08. The van der Waals surface area contributed by atoms with E-state index in [2.05, 4.69) is 13.1 Å². The van der Waals surface area contributed by atoms with Gasteiger partial charge < -0.3 is 152 Å². The van der Waals surface area contributed by atoms with E-state index in [4.69, 9.17) is 116 Å². The van der Waals surface area contributed by atoms with Crippen LogP contribution in [0.4, 0.5) is 26.3 Å². The summed E-state index contributed by atoms with van der Waals surface area (Å²) >= 11 is 0. The quantitative estimate of drug-likeness (QED) is 0.0368. The van der Waals surface area contributed by atoms with Gasteiger partial charge in [-0.25, -0.2) is 0 Å². The summed E-state index contributed by atoms with van der Waals surface area (Å²) in [7, 11) is -6.18. The maximum absolute atomic E-state index is 12.6. The number of fused-ring (bicyclic) bond motifs is 4. The van der Waals surface area contributed by atoms with Crippen molar-refractivity contribution in [3.8, 4) is 0 Å². The van der Waals surface area contributed by atoms with Crippen molar-refractivity contribution in [3.05, 3.63) is 0 Å². The molecule has 0 saturated carbocycles. The van der Waals surface area contributed by atoms with Gasteiger partial charge in [-0.15, -0.1) is 0 Å². The molecule has 47 heteroatoms. The first-order valence-corrected chi connectivity index (χ1v) is 37.9. The molecule has 10 rings (SSSR count). The number of hydrogen-bond acceptors (Lipinski definition) is 39. The van der Waals surface area contributed by atoms with Gasteiger partial charge in [-0.3, -0.25) is 18.0 Å². The number of alkyl halides is 6. The summed E-state index contributed by atoms with van der Waals surface area (Å²) in [5, 5.41) is 121. The number of methoxy groups -OCH3 is 4. The van der Waals surface area contributed by atoms with Gasteiger partial charge in [-0.05, 0) is 90.0 Å². The second-order valence-electron chi connectivity index (χ2n) is 29.1. The molecule has 1 unspecified atom stereocenters. The molecule has 10 aliphatic heterocycles. The van der Waals surface area contributed by atoms with Crippen LogP contribution in [0.5, 0.6) is 0 Å². The Bertz CT molecular complexity index is 2910. The lowest BCUT2D eigenvalue weighted by Crippen LogP contribution is -2.71. The van der Waals surface area contributed by atoms with Gasteiger partial charge in [0.25, 0.3) is 0 Å². The number of carbonyl (C=O) groups is 2. The number of carbonyl (C=O) groups excluding carboxylic acids is 2. The zero-order chi connectivity index (χ0) is 86.2. The highest BCUT2D eigenvalue weighted by Crippen LogP contribution is 2.48. The molecule has 662 valence electrons. The van der Waals surface area contributed by atoms with Gasteiger partial charge in [0.05, 0.1) is 96.6 Å². The van der Waals surface area contributed by atoms with Gasteiger partial charge in [-0.1, -0.05) is 0 Å². The van der Waals surface area contributed by atoms with E-state index >= 15 is 0 Å². The van der Waals surface area contributed by atoms with Crippen LogP contribution < -0.4 is 0 Å². The Hall–Kier alpha value is -2.50. The number of rotatable bonds is 13. The summed E-state index contributed by atoms with van der Waals surface area (Å²) in [6.07, 6.45) is -21.2. The third kappa shape index (κ3) is 22.8. The van der Waals surface area contributed by atoms with E-state index in [9.17, 15) is 83.4 Å². The van der Waals surface area contributed by atoms with E-state index in [1.165, 1.54) is 70.0 Å². The van der Waals surface area contributed by atoms with Crippen LogP contribution in [0.3, 0.4) is 0 Å². The van der Waals surface area contributed by atoms with Crippen molar-refractivity contribution < 1.29 is 213 Å². The highest BCUT2D eigenvalue weighted by molar-refractivity contribution is 7.87. The van der Waals surface area contributed by atoms with Gasteiger partial charge in [0.2, 0.25) is 0 Å². The van der Waals surface area contributed by atoms with E-state index in [0.717, 1.165) is 0 Å². The van der Waals surface area contributed by atoms with Crippen molar-refractivity contribution in [1.82, 2.24) is 0 Å². The van der Waals surface area contributed by atoms with Crippen LogP contribution in [0.2, 0.25) is 0 Å². The number of ether oxygens (including phenoxy) is 18. The minimum atomic E-state index is -5.85. The lowest BCUT2D eigenvalue weighted by Gasteiger charge is -2.56. The molecule has 0 aromatic carbocycles. The third-order valence-corrected chi connectivity index (χ3v) is 23.3. The predicted molar refractivity (Wildman–Crippen MR) is 361 cm³/mol. The van der Waals surface area contributed by atoms with E-state index in [1.807, 2.05) is 13.8 Å². The van der Waals surface area contributed by atoms with E-state index in [1.54, 1.807) is 48.5 Å². The summed E-state index contributed by atoms with van der Waals surface area (Å²) < 4.78 is 228. The zero-order valence-corrected chi connectivity index (χ0v) is 67.1. The van der Waals surface area contributed by atoms with E-state index in [0.29, 0.717) is 0 Å². The Morgan fingerprint density at radius 3 is 0.821 bits per heavy atom. The van der Waals surface area contributed by atoms with Crippen LogP contribution in [-0.2, 0) is 123 Å². The fraction of sp³-hybridized carbons (Fsp3) is 0.969. The molecule has 10 saturated heterocycles. The molecule has 0 aromatic heterocycles. The van der Waals surface area contributed by atoms with Crippen molar-refractivity contribution in [2.75, 3.05) is 94.5 Å². The Balaban J connectivity index is 0.000000286. The molecule has 10 aliphatic rings. The number of Topliss-reactive ketones (excluding diaryl/α,β-unsaturated/α-hetero) is 2. The summed E-state index contributed by atoms with van der Waals surface area (Å²) in [5.41, 5.74) is -15.9. The summed E-state index contributed by atoms with van der Waals surface area (Å²) in [6.45, 7) is 21.7. The first-order valence-electron chi connectivity index (χ1n) is 35.1. The second-order valence-corrected chi connectivity index (χ2v) is 32.3. The highest BCUT2D eigenvalue weighted by Gasteiger charge is 2.65. The van der Waals surface area contributed by atoms with Crippen LogP contribution in [0, 0.1) is 0 Å². The molecule has 0 spiro atoms. The summed E-state index contributed by atoms with van der Waals surface area (Å²) in [4.78, 5) is 19.6. The average molecular weight is 1700 g/mol. The molecule has 10 heterocycles. The summed E-state index contributed by atoms with van der Waals surface area (Å²) in [6, 6.07) is 0. The molecular formula is C65H114F6O39S2. The van der Waals surface area contributed by atoms with Crippen molar-refractivity contribution in [1.29, 1.82) is 0 Å². The molecule has 0 aliphatic carbocycles. The van der Waals surface area contributed by atoms with Crippen molar-refractivity contribution >= 4 is 31.8 Å². The van der Waals surface area contributed by atoms with Crippen molar-refractivity contribution in [2.45, 2.75) is 307 Å². The Morgan fingerprint density at radius 1 is 0.348 bits per heavy atom. The number of halogens is 6. The normalized spacial score (nSPS) is 45.4. The molecule has 112 heavy (non-hydrogen) atoms. The third-order valence-electron chi connectivity index (χ3n) is 21.2. The number of aliphatic hydroxyl groups excluding tert-OH is 13.